The molecule has 144 valence electrons. The monoisotopic (exact) mass is 381 g/mol. The Balaban J connectivity index is 1.76. The van der Waals surface area contributed by atoms with Gasteiger partial charge in [0.25, 0.3) is 0 Å². The number of rotatable bonds is 3. The van der Waals surface area contributed by atoms with Gasteiger partial charge >= 0.3 is 11.8 Å². The summed E-state index contributed by atoms with van der Waals surface area (Å²) in [5, 5.41) is -0.198. The van der Waals surface area contributed by atoms with Crippen LogP contribution in [0.2, 0.25) is 0 Å². The molecule has 0 unspecified atom stereocenters. The van der Waals surface area contributed by atoms with Gasteiger partial charge in [-0.2, -0.15) is 13.2 Å². The van der Waals surface area contributed by atoms with E-state index in [-0.39, 0.29) is 23.0 Å². The summed E-state index contributed by atoms with van der Waals surface area (Å²) >= 11 is 0. The van der Waals surface area contributed by atoms with E-state index in [9.17, 15) is 22.8 Å². The minimum Gasteiger partial charge on any atom is -0.490 e. The lowest BCUT2D eigenvalue weighted by molar-refractivity contribution is -0.136. The van der Waals surface area contributed by atoms with Crippen molar-refractivity contribution in [2.45, 2.75) is 32.0 Å². The fourth-order valence-electron chi connectivity index (χ4n) is 3.09. The average Bonchev–Trinajstić information content (AvgIpc) is 2.60. The average molecular weight is 381 g/mol. The molecule has 5 nitrogen and oxygen atoms in total. The molecule has 8 heteroatoms. The van der Waals surface area contributed by atoms with Crippen molar-refractivity contribution in [3.63, 3.8) is 0 Å². The topological polar surface area (TPSA) is 59.8 Å². The molecule has 2 heterocycles. The van der Waals surface area contributed by atoms with Crippen LogP contribution in [0.5, 0.6) is 5.75 Å². The van der Waals surface area contributed by atoms with Gasteiger partial charge in [0.15, 0.2) is 0 Å². The normalized spacial score (nSPS) is 15.8. The maximum atomic E-state index is 13.1. The molecule has 0 radical (unpaired) electrons. The molecular formula is C19H18F3NO4. The predicted molar refractivity (Wildman–Crippen MR) is 92.5 cm³/mol. The van der Waals surface area contributed by atoms with Gasteiger partial charge < -0.3 is 14.1 Å². The molecule has 1 fully saturated rings. The van der Waals surface area contributed by atoms with E-state index in [4.69, 9.17) is 9.15 Å². The Morgan fingerprint density at radius 3 is 2.52 bits per heavy atom. The third kappa shape index (κ3) is 4.15. The van der Waals surface area contributed by atoms with E-state index < -0.39 is 17.4 Å². The smallest absolute Gasteiger partial charge is 0.417 e. The molecule has 1 saturated heterocycles. The van der Waals surface area contributed by atoms with Crippen LogP contribution in [-0.2, 0) is 11.0 Å². The number of ether oxygens (including phenoxy) is 1. The third-order valence-electron chi connectivity index (χ3n) is 4.42. The van der Waals surface area contributed by atoms with Crippen LogP contribution < -0.4 is 10.4 Å². The summed E-state index contributed by atoms with van der Waals surface area (Å²) in [4.78, 5) is 25.1. The number of halogens is 3. The van der Waals surface area contributed by atoms with Gasteiger partial charge in [-0.05, 0) is 19.1 Å². The molecule has 0 atom stereocenters. The number of hydrogen-bond donors (Lipinski definition) is 0. The molecule has 27 heavy (non-hydrogen) atoms. The van der Waals surface area contributed by atoms with E-state index in [2.05, 4.69) is 6.58 Å². The number of piperidine rings is 1. The third-order valence-corrected chi connectivity index (χ3v) is 4.42. The first-order chi connectivity index (χ1) is 12.6. The molecule has 1 aromatic carbocycles. The van der Waals surface area contributed by atoms with Crippen molar-refractivity contribution >= 4 is 16.9 Å². The van der Waals surface area contributed by atoms with Crippen molar-refractivity contribution in [2.75, 3.05) is 13.1 Å². The van der Waals surface area contributed by atoms with Crippen LogP contribution in [0, 0.1) is 0 Å². The van der Waals surface area contributed by atoms with Gasteiger partial charge in [0.2, 0.25) is 5.91 Å². The summed E-state index contributed by atoms with van der Waals surface area (Å²) in [6.07, 6.45) is -3.67. The van der Waals surface area contributed by atoms with Crippen LogP contribution in [0.1, 0.15) is 25.3 Å². The van der Waals surface area contributed by atoms with Gasteiger partial charge in [0.1, 0.15) is 17.4 Å². The number of carbonyl (C=O) groups excluding carboxylic acids is 1. The number of carbonyl (C=O) groups is 1. The zero-order valence-electron chi connectivity index (χ0n) is 14.6. The van der Waals surface area contributed by atoms with Crippen LogP contribution in [0.25, 0.3) is 11.0 Å². The number of alkyl halides is 3. The number of amides is 1. The number of fused-ring (bicyclic) bond motifs is 1. The summed E-state index contributed by atoms with van der Waals surface area (Å²) in [6.45, 7) is 6.32. The maximum Gasteiger partial charge on any atom is 0.417 e. The zero-order valence-corrected chi connectivity index (χ0v) is 14.6. The lowest BCUT2D eigenvalue weighted by Crippen LogP contribution is -2.42. The van der Waals surface area contributed by atoms with Crippen molar-refractivity contribution in [3.8, 4) is 5.75 Å². The second-order valence-electron chi connectivity index (χ2n) is 6.52. The van der Waals surface area contributed by atoms with Gasteiger partial charge in [0.05, 0.1) is 5.56 Å². The summed E-state index contributed by atoms with van der Waals surface area (Å²) in [5.74, 6) is 0.218. The molecule has 0 spiro atoms. The highest BCUT2D eigenvalue weighted by Gasteiger charge is 2.34. The van der Waals surface area contributed by atoms with Crippen LogP contribution in [0.4, 0.5) is 13.2 Å². The highest BCUT2D eigenvalue weighted by Crippen LogP contribution is 2.35. The van der Waals surface area contributed by atoms with Crippen LogP contribution >= 0.6 is 0 Å². The highest BCUT2D eigenvalue weighted by molar-refractivity contribution is 5.92. The van der Waals surface area contributed by atoms with Crippen LogP contribution in [0.3, 0.4) is 0 Å². The summed E-state index contributed by atoms with van der Waals surface area (Å²) < 4.78 is 50.0. The quantitative estimate of drug-likeness (QED) is 0.600. The zero-order chi connectivity index (χ0) is 19.8. The van der Waals surface area contributed by atoms with Crippen molar-refractivity contribution < 1.29 is 27.1 Å². The number of benzene rings is 1. The van der Waals surface area contributed by atoms with E-state index in [0.717, 1.165) is 0 Å². The molecule has 3 rings (SSSR count). The molecule has 0 N–H and O–H groups in total. The standard InChI is InChI=1S/C19H18F3NO4/c1-11(2)18(25)23-7-5-12(6-8-23)26-13-3-4-14-15(19(20,21)22)10-17(24)27-16(14)9-13/h3-4,9-10,12H,1,5-8H2,2H3. The Kier molecular flexibility index (Phi) is 4.99. The second kappa shape index (κ2) is 7.09. The molecule has 1 aliphatic rings. The Morgan fingerprint density at radius 1 is 1.26 bits per heavy atom. The van der Waals surface area contributed by atoms with Gasteiger partial charge in [0, 0.05) is 49.0 Å². The second-order valence-corrected chi connectivity index (χ2v) is 6.52. The highest BCUT2D eigenvalue weighted by atomic mass is 19.4. The Hall–Kier alpha value is -2.77. The van der Waals surface area contributed by atoms with Gasteiger partial charge in [-0.3, -0.25) is 4.79 Å². The van der Waals surface area contributed by atoms with E-state index in [1.807, 2.05) is 0 Å². The first-order valence-electron chi connectivity index (χ1n) is 8.41. The molecule has 0 aliphatic carbocycles. The predicted octanol–water partition coefficient (Wildman–Crippen LogP) is 3.76. The number of hydrogen-bond acceptors (Lipinski definition) is 4. The number of nitrogens with zero attached hydrogens (tertiary/aromatic N) is 1. The van der Waals surface area contributed by atoms with Crippen LogP contribution in [-0.4, -0.2) is 30.0 Å². The Labute approximate surface area is 153 Å². The molecule has 2 aromatic rings. The number of likely N-dealkylation sites (tertiary alicyclic amines) is 1. The lowest BCUT2D eigenvalue weighted by Gasteiger charge is -2.32. The molecule has 0 bridgehead atoms. The minimum absolute atomic E-state index is 0.0967. The van der Waals surface area contributed by atoms with Crippen LogP contribution in [0.15, 0.2) is 45.6 Å². The van der Waals surface area contributed by atoms with Crippen molar-refractivity contribution in [1.29, 1.82) is 0 Å². The Bertz CT molecular complexity index is 940. The minimum atomic E-state index is -4.65. The fourth-order valence-corrected chi connectivity index (χ4v) is 3.09. The fraction of sp³-hybridized carbons (Fsp3) is 0.368. The molecule has 1 aromatic heterocycles. The molecule has 1 amide bonds. The van der Waals surface area contributed by atoms with Gasteiger partial charge in [-0.15, -0.1) is 0 Å². The first-order valence-corrected chi connectivity index (χ1v) is 8.41. The van der Waals surface area contributed by atoms with Gasteiger partial charge in [-0.25, -0.2) is 4.79 Å². The van der Waals surface area contributed by atoms with E-state index in [1.54, 1.807) is 11.8 Å². The first kappa shape index (κ1) is 19.0. The maximum absolute atomic E-state index is 13.1. The van der Waals surface area contributed by atoms with E-state index in [1.165, 1.54) is 18.2 Å². The van der Waals surface area contributed by atoms with E-state index >= 15 is 0 Å². The Morgan fingerprint density at radius 2 is 1.93 bits per heavy atom. The molecular weight excluding hydrogens is 363 g/mol. The summed E-state index contributed by atoms with van der Waals surface area (Å²) in [6, 6.07) is 4.38. The van der Waals surface area contributed by atoms with Gasteiger partial charge in [-0.1, -0.05) is 6.58 Å². The molecule has 1 aliphatic heterocycles. The largest absolute Gasteiger partial charge is 0.490 e. The summed E-state index contributed by atoms with van der Waals surface area (Å²) in [7, 11) is 0. The lowest BCUT2D eigenvalue weighted by atomic mass is 10.1. The molecule has 0 saturated carbocycles. The summed E-state index contributed by atoms with van der Waals surface area (Å²) in [5.41, 5.74) is -1.81. The van der Waals surface area contributed by atoms with Crippen molar-refractivity contribution in [2.24, 2.45) is 0 Å². The van der Waals surface area contributed by atoms with E-state index in [0.29, 0.717) is 43.3 Å². The SMILES string of the molecule is C=C(C)C(=O)N1CCC(Oc2ccc3c(C(F)(F)F)cc(=O)oc3c2)CC1. The van der Waals surface area contributed by atoms with Crippen molar-refractivity contribution in [3.05, 3.63) is 52.4 Å². The van der Waals surface area contributed by atoms with Crippen molar-refractivity contribution in [1.82, 2.24) is 4.90 Å².